The monoisotopic (exact) mass is 521 g/mol. The van der Waals surface area contributed by atoms with Crippen molar-refractivity contribution in [1.82, 2.24) is 10.2 Å². The first-order chi connectivity index (χ1) is 16.8. The van der Waals surface area contributed by atoms with E-state index in [0.717, 1.165) is 5.56 Å². The minimum Gasteiger partial charge on any atom is -0.453 e. The first-order valence-corrected chi connectivity index (χ1v) is 10.8. The molecule has 0 saturated carbocycles. The number of alkyl halides is 2. The van der Waals surface area contributed by atoms with Crippen LogP contribution in [0.3, 0.4) is 0 Å². The predicted molar refractivity (Wildman–Crippen MR) is 125 cm³/mol. The maximum Gasteiger partial charge on any atom is 0.387 e. The topological polar surface area (TPSA) is 69.7 Å². The maximum absolute atomic E-state index is 15.3. The lowest BCUT2D eigenvalue weighted by molar-refractivity contribution is -0.0498. The van der Waals surface area contributed by atoms with Gasteiger partial charge >= 0.3 is 6.61 Å². The lowest BCUT2D eigenvalue weighted by atomic mass is 10.1. The average Bonchev–Trinajstić information content (AvgIpc) is 3.27. The summed E-state index contributed by atoms with van der Waals surface area (Å²) in [5, 5.41) is 8.27. The fourth-order valence-electron chi connectivity index (χ4n) is 3.23. The molecule has 35 heavy (non-hydrogen) atoms. The summed E-state index contributed by atoms with van der Waals surface area (Å²) in [7, 11) is 0. The van der Waals surface area contributed by atoms with E-state index >= 15 is 4.39 Å². The molecule has 0 atom stereocenters. The van der Waals surface area contributed by atoms with Crippen molar-refractivity contribution in [2.24, 2.45) is 4.99 Å². The molecular weight excluding hydrogens is 506 g/mol. The Balaban J connectivity index is 1.56. The van der Waals surface area contributed by atoms with Crippen LogP contribution in [0.2, 0.25) is 10.0 Å². The second-order valence-corrected chi connectivity index (χ2v) is 8.06. The summed E-state index contributed by atoms with van der Waals surface area (Å²) in [6, 6.07) is 13.6. The Morgan fingerprint density at radius 2 is 1.86 bits per heavy atom. The lowest BCUT2D eigenvalue weighted by Crippen LogP contribution is -2.01. The van der Waals surface area contributed by atoms with Crippen LogP contribution >= 0.6 is 23.2 Å². The first kappa shape index (κ1) is 24.6. The molecule has 0 aliphatic heterocycles. The summed E-state index contributed by atoms with van der Waals surface area (Å²) in [5.74, 6) is -0.535. The van der Waals surface area contributed by atoms with Crippen LogP contribution in [0.1, 0.15) is 17.0 Å². The smallest absolute Gasteiger partial charge is 0.387 e. The SMILES string of the molecule is C=NCc1cc(Cl)cc(Oc2c(Cl)ccc(Cc3nnc(-c4cccc(OC(F)F)c4)o3)c2F)c1. The van der Waals surface area contributed by atoms with Crippen molar-refractivity contribution in [3.05, 3.63) is 87.5 Å². The van der Waals surface area contributed by atoms with Crippen LogP contribution in [0.25, 0.3) is 11.5 Å². The summed E-state index contributed by atoms with van der Waals surface area (Å²) < 4.78 is 55.9. The molecule has 4 rings (SSSR count). The molecule has 1 aromatic heterocycles. The Bertz CT molecular complexity index is 1370. The van der Waals surface area contributed by atoms with Gasteiger partial charge in [0.05, 0.1) is 18.0 Å². The molecule has 180 valence electrons. The zero-order chi connectivity index (χ0) is 24.9. The molecule has 0 radical (unpaired) electrons. The zero-order valence-electron chi connectivity index (χ0n) is 17.9. The van der Waals surface area contributed by atoms with Crippen molar-refractivity contribution in [3.8, 4) is 28.7 Å². The van der Waals surface area contributed by atoms with E-state index in [2.05, 4.69) is 26.6 Å². The summed E-state index contributed by atoms with van der Waals surface area (Å²) in [5.41, 5.74) is 1.29. The Hall–Kier alpha value is -3.56. The van der Waals surface area contributed by atoms with Gasteiger partial charge in [0.25, 0.3) is 0 Å². The van der Waals surface area contributed by atoms with Crippen LogP contribution < -0.4 is 9.47 Å². The van der Waals surface area contributed by atoms with E-state index < -0.39 is 12.4 Å². The van der Waals surface area contributed by atoms with Gasteiger partial charge < -0.3 is 13.9 Å². The number of halogens is 5. The van der Waals surface area contributed by atoms with Crippen molar-refractivity contribution in [2.45, 2.75) is 19.6 Å². The van der Waals surface area contributed by atoms with Crippen LogP contribution in [-0.2, 0) is 13.0 Å². The van der Waals surface area contributed by atoms with E-state index in [4.69, 9.17) is 32.4 Å². The number of aliphatic imine (C=N–C) groups is 1. The van der Waals surface area contributed by atoms with E-state index in [0.29, 0.717) is 17.1 Å². The highest BCUT2D eigenvalue weighted by Gasteiger charge is 2.19. The number of ether oxygens (including phenoxy) is 2. The van der Waals surface area contributed by atoms with E-state index in [-0.39, 0.29) is 46.0 Å². The summed E-state index contributed by atoms with van der Waals surface area (Å²) in [4.78, 5) is 3.80. The van der Waals surface area contributed by atoms with Gasteiger partial charge in [-0.2, -0.15) is 8.78 Å². The molecule has 0 unspecified atom stereocenters. The van der Waals surface area contributed by atoms with Gasteiger partial charge in [-0.25, -0.2) is 4.39 Å². The molecule has 0 amide bonds. The zero-order valence-corrected chi connectivity index (χ0v) is 19.4. The Labute approximate surface area is 207 Å². The third-order valence-electron chi connectivity index (χ3n) is 4.69. The van der Waals surface area contributed by atoms with Crippen LogP contribution in [0, 0.1) is 5.82 Å². The molecule has 3 aromatic carbocycles. The number of hydrogen-bond acceptors (Lipinski definition) is 6. The maximum atomic E-state index is 15.3. The molecule has 0 bridgehead atoms. The predicted octanol–water partition coefficient (Wildman–Crippen LogP) is 7.37. The molecule has 4 aromatic rings. The standard InChI is InChI=1S/C24H16Cl2F3N3O3/c1-30-12-13-7-16(25)11-18(8-13)33-22-19(26)6-5-14(21(22)27)10-20-31-32-23(35-20)15-3-2-4-17(9-15)34-24(28)29/h2-9,11,24H,1,10,12H2. The normalized spacial score (nSPS) is 11.0. The van der Waals surface area contributed by atoms with E-state index in [1.54, 1.807) is 18.2 Å². The molecule has 0 saturated heterocycles. The van der Waals surface area contributed by atoms with Gasteiger partial charge in [-0.3, -0.25) is 4.99 Å². The number of nitrogens with zero attached hydrogens (tertiary/aromatic N) is 3. The molecule has 0 spiro atoms. The van der Waals surface area contributed by atoms with Gasteiger partial charge in [0.1, 0.15) is 11.5 Å². The average molecular weight is 522 g/mol. The minimum absolute atomic E-state index is 0.0525. The summed E-state index contributed by atoms with van der Waals surface area (Å²) >= 11 is 12.3. The molecule has 0 aliphatic carbocycles. The van der Waals surface area contributed by atoms with Crippen molar-refractivity contribution < 1.29 is 27.1 Å². The Morgan fingerprint density at radius 1 is 1.03 bits per heavy atom. The lowest BCUT2D eigenvalue weighted by Gasteiger charge is -2.12. The van der Waals surface area contributed by atoms with Crippen molar-refractivity contribution >= 4 is 29.9 Å². The Kier molecular flexibility index (Phi) is 7.57. The van der Waals surface area contributed by atoms with E-state index in [1.807, 2.05) is 0 Å². The third kappa shape index (κ3) is 6.12. The Morgan fingerprint density at radius 3 is 2.63 bits per heavy atom. The van der Waals surface area contributed by atoms with Gasteiger partial charge in [0.15, 0.2) is 11.6 Å². The number of aromatic nitrogens is 2. The second-order valence-electron chi connectivity index (χ2n) is 7.21. The molecule has 0 aliphatic rings. The van der Waals surface area contributed by atoms with E-state index in [1.165, 1.54) is 36.4 Å². The highest BCUT2D eigenvalue weighted by Crippen LogP contribution is 2.36. The summed E-state index contributed by atoms with van der Waals surface area (Å²) in [6.45, 7) is 0.786. The molecule has 0 fully saturated rings. The van der Waals surface area contributed by atoms with Gasteiger partial charge in [0.2, 0.25) is 11.8 Å². The quantitative estimate of drug-likeness (QED) is 0.215. The molecular formula is C24H16Cl2F3N3O3. The van der Waals surface area contributed by atoms with Crippen molar-refractivity contribution in [1.29, 1.82) is 0 Å². The summed E-state index contributed by atoms with van der Waals surface area (Å²) in [6.07, 6.45) is -0.0687. The third-order valence-corrected chi connectivity index (χ3v) is 5.20. The highest BCUT2D eigenvalue weighted by molar-refractivity contribution is 6.32. The number of benzene rings is 3. The van der Waals surface area contributed by atoms with Crippen LogP contribution in [0.5, 0.6) is 17.2 Å². The fraction of sp³-hybridized carbons (Fsp3) is 0.125. The molecule has 1 heterocycles. The van der Waals surface area contributed by atoms with Gasteiger partial charge in [-0.05, 0) is 54.7 Å². The first-order valence-electron chi connectivity index (χ1n) is 10.1. The number of hydrogen-bond donors (Lipinski definition) is 0. The van der Waals surface area contributed by atoms with Gasteiger partial charge in [0, 0.05) is 16.1 Å². The van der Waals surface area contributed by atoms with Gasteiger partial charge in [-0.1, -0.05) is 35.3 Å². The van der Waals surface area contributed by atoms with Gasteiger partial charge in [-0.15, -0.1) is 10.2 Å². The molecule has 0 N–H and O–H groups in total. The van der Waals surface area contributed by atoms with Crippen LogP contribution in [0.15, 0.2) is 64.0 Å². The van der Waals surface area contributed by atoms with Crippen molar-refractivity contribution in [2.75, 3.05) is 0 Å². The highest BCUT2D eigenvalue weighted by atomic mass is 35.5. The van der Waals surface area contributed by atoms with Crippen molar-refractivity contribution in [3.63, 3.8) is 0 Å². The van der Waals surface area contributed by atoms with Crippen LogP contribution in [0.4, 0.5) is 13.2 Å². The molecule has 11 heteroatoms. The number of rotatable bonds is 9. The molecule has 6 nitrogen and oxygen atoms in total. The largest absolute Gasteiger partial charge is 0.453 e. The van der Waals surface area contributed by atoms with Crippen LogP contribution in [-0.4, -0.2) is 23.5 Å². The minimum atomic E-state index is -2.97. The fourth-order valence-corrected chi connectivity index (χ4v) is 3.66. The van der Waals surface area contributed by atoms with E-state index in [9.17, 15) is 8.78 Å². The second kappa shape index (κ2) is 10.8.